The van der Waals surface area contributed by atoms with Crippen molar-refractivity contribution in [2.45, 2.75) is 82.0 Å². The van der Waals surface area contributed by atoms with E-state index in [0.29, 0.717) is 54.7 Å². The van der Waals surface area contributed by atoms with Gasteiger partial charge in [0.1, 0.15) is 35.6 Å². The highest BCUT2D eigenvalue weighted by molar-refractivity contribution is 6.02. The lowest BCUT2D eigenvalue weighted by Crippen LogP contribution is -2.57. The summed E-state index contributed by atoms with van der Waals surface area (Å²) in [5.74, 6) is 0.0179. The molecule has 8 heterocycles. The van der Waals surface area contributed by atoms with Gasteiger partial charge in [-0.3, -0.25) is 9.88 Å². The quantitative estimate of drug-likeness (QED) is 0.246. The Hall–Kier alpha value is -4.85. The van der Waals surface area contributed by atoms with E-state index in [1.54, 1.807) is 18.3 Å². The van der Waals surface area contributed by atoms with Crippen LogP contribution in [0.15, 0.2) is 36.5 Å². The van der Waals surface area contributed by atoms with Crippen molar-refractivity contribution < 1.29 is 32.6 Å². The lowest BCUT2D eigenvalue weighted by Gasteiger charge is -2.41. The molecular formula is C40H45F2N7O5. The predicted molar refractivity (Wildman–Crippen MR) is 198 cm³/mol. The summed E-state index contributed by atoms with van der Waals surface area (Å²) in [7, 11) is 0. The molecule has 2 amide bonds. The summed E-state index contributed by atoms with van der Waals surface area (Å²) in [6, 6.07) is 9.14. The Morgan fingerprint density at radius 3 is 2.72 bits per heavy atom. The number of rotatable bonds is 4. The smallest absolute Gasteiger partial charge is 0.415 e. The van der Waals surface area contributed by atoms with Crippen LogP contribution in [0.4, 0.5) is 24.2 Å². The molecule has 0 saturated carbocycles. The van der Waals surface area contributed by atoms with Gasteiger partial charge in [-0.25, -0.2) is 18.4 Å². The van der Waals surface area contributed by atoms with E-state index < -0.39 is 29.7 Å². The van der Waals surface area contributed by atoms with Gasteiger partial charge in [-0.1, -0.05) is 18.2 Å². The molecule has 1 N–H and O–H groups in total. The standard InChI is InChI=1S/C40H45F2N7O5/c1-39-11-4-14-48(23-39)35-30-21-43-33(32(42)34(30)44-36(45-35)53-24-40-12-5-15-49(40)16-6-13-40)29-20-28(54-38(51)47-17-10-27(41)22-47)19-26-8-2-7-25(31(26)29)9-3-18-52-37(50)46-39/h2,7-8,19-21,27H,3-6,9-18,22-24H2,1H3,(H,46,50). The molecule has 6 aliphatic heterocycles. The van der Waals surface area contributed by atoms with E-state index in [-0.39, 0.29) is 54.6 Å². The molecule has 0 spiro atoms. The number of nitrogens with zero attached hydrogens (tertiary/aromatic N) is 6. The van der Waals surface area contributed by atoms with Crippen molar-refractivity contribution in [3.63, 3.8) is 0 Å². The average Bonchev–Trinajstić information content (AvgIpc) is 3.88. The second-order valence-corrected chi connectivity index (χ2v) is 15.9. The third-order valence-electron chi connectivity index (χ3n) is 12.0. The number of aromatic nitrogens is 3. The molecule has 2 aromatic carbocycles. The fourth-order valence-electron chi connectivity index (χ4n) is 9.39. The van der Waals surface area contributed by atoms with Gasteiger partial charge in [0.25, 0.3) is 0 Å². The second kappa shape index (κ2) is 13.8. The van der Waals surface area contributed by atoms with Gasteiger partial charge in [0, 0.05) is 31.4 Å². The summed E-state index contributed by atoms with van der Waals surface area (Å²) in [5.41, 5.74) is 0.696. The van der Waals surface area contributed by atoms with Crippen LogP contribution >= 0.6 is 0 Å². The second-order valence-electron chi connectivity index (χ2n) is 15.9. The highest BCUT2D eigenvalue weighted by Crippen LogP contribution is 2.42. The SMILES string of the molecule is CC12CCCN(C1)c1nc(OCC34CCCN3CCC4)nc3c(F)c(ncc13)-c1cc(OC(=O)N3CCC(F)C3)cc3cccc(c13)CCCOC(=O)N2. The predicted octanol–water partition coefficient (Wildman–Crippen LogP) is 6.57. The van der Waals surface area contributed by atoms with Gasteiger partial charge < -0.3 is 29.3 Å². The van der Waals surface area contributed by atoms with Gasteiger partial charge in [-0.2, -0.15) is 9.97 Å². The number of fused-ring (bicyclic) bond motifs is 7. The van der Waals surface area contributed by atoms with Gasteiger partial charge >= 0.3 is 18.2 Å². The van der Waals surface area contributed by atoms with E-state index in [1.165, 1.54) is 4.90 Å². The fourth-order valence-corrected chi connectivity index (χ4v) is 9.39. The molecule has 2 aromatic heterocycles. The fraction of sp³-hybridized carbons (Fsp3) is 0.525. The molecule has 284 valence electrons. The number of nitrogens with one attached hydrogen (secondary N) is 1. The lowest BCUT2D eigenvalue weighted by atomic mass is 9.91. The number of alkyl carbamates (subject to hydrolysis) is 1. The summed E-state index contributed by atoms with van der Waals surface area (Å²) in [6.07, 6.45) is 6.41. The van der Waals surface area contributed by atoms with Crippen molar-refractivity contribution in [1.29, 1.82) is 0 Å². The Bertz CT molecular complexity index is 2130. The molecule has 10 rings (SSSR count). The summed E-state index contributed by atoms with van der Waals surface area (Å²) < 4.78 is 49.4. The number of hydrogen-bond acceptors (Lipinski definition) is 10. The van der Waals surface area contributed by atoms with E-state index in [1.807, 2.05) is 30.0 Å². The number of benzene rings is 2. The van der Waals surface area contributed by atoms with E-state index in [2.05, 4.69) is 10.2 Å². The van der Waals surface area contributed by atoms with Crippen molar-refractivity contribution in [2.75, 3.05) is 57.4 Å². The zero-order valence-corrected chi connectivity index (χ0v) is 30.5. The molecule has 54 heavy (non-hydrogen) atoms. The van der Waals surface area contributed by atoms with Crippen LogP contribution in [0, 0.1) is 5.82 Å². The first-order valence-electron chi connectivity index (χ1n) is 19.3. The maximum atomic E-state index is 17.4. The number of aryl methyl sites for hydroxylation is 1. The van der Waals surface area contributed by atoms with Crippen LogP contribution < -0.4 is 19.7 Å². The first-order chi connectivity index (χ1) is 26.2. The number of carbonyl (C=O) groups excluding carboxylic acids is 2. The maximum Gasteiger partial charge on any atom is 0.415 e. The van der Waals surface area contributed by atoms with Gasteiger partial charge in [-0.05, 0) is 106 Å². The summed E-state index contributed by atoms with van der Waals surface area (Å²) in [4.78, 5) is 46.5. The Morgan fingerprint density at radius 2 is 1.91 bits per heavy atom. The Labute approximate surface area is 312 Å². The van der Waals surface area contributed by atoms with Crippen molar-refractivity contribution in [3.05, 3.63) is 47.9 Å². The van der Waals surface area contributed by atoms with Crippen molar-refractivity contribution in [3.8, 4) is 23.0 Å². The number of alkyl halides is 1. The molecule has 6 bridgehead atoms. The van der Waals surface area contributed by atoms with Crippen LogP contribution in [0.25, 0.3) is 32.9 Å². The number of halogens is 2. The van der Waals surface area contributed by atoms with Gasteiger partial charge in [0.05, 0.1) is 29.6 Å². The van der Waals surface area contributed by atoms with E-state index in [4.69, 9.17) is 29.2 Å². The molecule has 14 heteroatoms. The van der Waals surface area contributed by atoms with Crippen molar-refractivity contribution >= 4 is 39.7 Å². The summed E-state index contributed by atoms with van der Waals surface area (Å²) in [6.45, 7) is 5.92. The lowest BCUT2D eigenvalue weighted by molar-refractivity contribution is 0.107. The monoisotopic (exact) mass is 741 g/mol. The number of pyridine rings is 1. The highest BCUT2D eigenvalue weighted by atomic mass is 19.1. The van der Waals surface area contributed by atoms with E-state index >= 15 is 4.39 Å². The van der Waals surface area contributed by atoms with Crippen LogP contribution in [0.1, 0.15) is 63.9 Å². The third kappa shape index (κ3) is 6.41. The Kier molecular flexibility index (Phi) is 8.90. The molecule has 2 atom stereocenters. The largest absolute Gasteiger partial charge is 0.461 e. The molecule has 0 aliphatic carbocycles. The number of anilines is 1. The number of piperidine rings is 1. The molecule has 12 nitrogen and oxygen atoms in total. The number of likely N-dealkylation sites (tertiary alicyclic amines) is 1. The zero-order chi connectivity index (χ0) is 37.0. The van der Waals surface area contributed by atoms with Crippen LogP contribution in [-0.4, -0.2) is 107 Å². The normalized spacial score (nSPS) is 24.1. The molecule has 0 radical (unpaired) electrons. The zero-order valence-electron chi connectivity index (χ0n) is 30.5. The van der Waals surface area contributed by atoms with Crippen LogP contribution in [0.2, 0.25) is 0 Å². The molecular weight excluding hydrogens is 696 g/mol. The maximum absolute atomic E-state index is 17.4. The molecule has 4 saturated heterocycles. The number of amides is 2. The van der Waals surface area contributed by atoms with Gasteiger partial charge in [-0.15, -0.1) is 0 Å². The van der Waals surface area contributed by atoms with E-state index in [0.717, 1.165) is 62.6 Å². The van der Waals surface area contributed by atoms with Gasteiger partial charge in [0.15, 0.2) is 5.82 Å². The van der Waals surface area contributed by atoms with Crippen molar-refractivity contribution in [2.24, 2.45) is 0 Å². The summed E-state index contributed by atoms with van der Waals surface area (Å²) >= 11 is 0. The number of ether oxygens (including phenoxy) is 3. The Balaban J connectivity index is 1.20. The van der Waals surface area contributed by atoms with Crippen LogP contribution in [-0.2, 0) is 11.2 Å². The first-order valence-corrected chi connectivity index (χ1v) is 19.3. The minimum absolute atomic E-state index is 0.0356. The number of hydrogen-bond donors (Lipinski definition) is 1. The minimum atomic E-state index is -1.10. The highest BCUT2D eigenvalue weighted by Gasteiger charge is 2.45. The van der Waals surface area contributed by atoms with E-state index in [9.17, 15) is 14.0 Å². The summed E-state index contributed by atoms with van der Waals surface area (Å²) in [5, 5.41) is 4.94. The molecule has 6 aliphatic rings. The van der Waals surface area contributed by atoms with Crippen LogP contribution in [0.3, 0.4) is 0 Å². The number of carbonyl (C=O) groups is 2. The third-order valence-corrected chi connectivity index (χ3v) is 12.0. The first kappa shape index (κ1) is 34.9. The minimum Gasteiger partial charge on any atom is -0.461 e. The topological polar surface area (TPSA) is 122 Å². The van der Waals surface area contributed by atoms with Crippen molar-refractivity contribution in [1.82, 2.24) is 30.1 Å². The Morgan fingerprint density at radius 1 is 1.07 bits per heavy atom. The van der Waals surface area contributed by atoms with Gasteiger partial charge in [0.2, 0.25) is 0 Å². The molecule has 4 aromatic rings. The van der Waals surface area contributed by atoms with Crippen LogP contribution in [0.5, 0.6) is 11.8 Å². The molecule has 2 unspecified atom stereocenters. The molecule has 4 fully saturated rings. The average molecular weight is 742 g/mol.